The minimum atomic E-state index is -0.640. The molecular weight excluding hydrogens is 346 g/mol. The number of rotatable bonds is 6. The fourth-order valence-electron chi connectivity index (χ4n) is 2.49. The quantitative estimate of drug-likeness (QED) is 0.684. The molecule has 0 aliphatic rings. The summed E-state index contributed by atoms with van der Waals surface area (Å²) in [5, 5.41) is 12.2. The standard InChI is InChI=1S/C20H21N3O2S/c1-13(2)16-11-7-8-12-17(16)25-14(3)18(24)21-20-23-22-19(26-20)15-9-5-4-6-10-15/h4-14H,1-3H3,(H,21,23,24)/t14-/m1/s1. The van der Waals surface area contributed by atoms with Gasteiger partial charge in [-0.2, -0.15) is 0 Å². The van der Waals surface area contributed by atoms with E-state index in [9.17, 15) is 4.79 Å². The van der Waals surface area contributed by atoms with Crippen LogP contribution in [0.25, 0.3) is 10.6 Å². The summed E-state index contributed by atoms with van der Waals surface area (Å²) in [6.07, 6.45) is -0.640. The molecule has 1 heterocycles. The van der Waals surface area contributed by atoms with Crippen molar-refractivity contribution in [3.05, 3.63) is 60.2 Å². The van der Waals surface area contributed by atoms with E-state index in [1.165, 1.54) is 11.3 Å². The van der Waals surface area contributed by atoms with Crippen LogP contribution in [0.5, 0.6) is 5.75 Å². The van der Waals surface area contributed by atoms with Gasteiger partial charge in [-0.25, -0.2) is 0 Å². The first-order valence-electron chi connectivity index (χ1n) is 8.50. The number of hydrogen-bond acceptors (Lipinski definition) is 5. The van der Waals surface area contributed by atoms with Gasteiger partial charge in [-0.15, -0.1) is 10.2 Å². The Morgan fingerprint density at radius 1 is 1.00 bits per heavy atom. The number of anilines is 1. The van der Waals surface area contributed by atoms with Crippen molar-refractivity contribution >= 4 is 22.4 Å². The lowest BCUT2D eigenvalue weighted by atomic mass is 10.0. The number of carbonyl (C=O) groups is 1. The number of ether oxygens (including phenoxy) is 1. The van der Waals surface area contributed by atoms with Crippen LogP contribution in [-0.4, -0.2) is 22.2 Å². The first kappa shape index (κ1) is 18.1. The Bertz CT molecular complexity index is 878. The van der Waals surface area contributed by atoms with Crippen LogP contribution in [0.3, 0.4) is 0 Å². The van der Waals surface area contributed by atoms with E-state index in [0.717, 1.165) is 21.9 Å². The zero-order valence-corrected chi connectivity index (χ0v) is 15.8. The second-order valence-corrected chi connectivity index (χ2v) is 7.20. The Morgan fingerprint density at radius 3 is 2.42 bits per heavy atom. The lowest BCUT2D eigenvalue weighted by Crippen LogP contribution is -2.30. The maximum atomic E-state index is 12.4. The van der Waals surface area contributed by atoms with Crippen LogP contribution in [0.15, 0.2) is 54.6 Å². The van der Waals surface area contributed by atoms with Crippen molar-refractivity contribution in [1.82, 2.24) is 10.2 Å². The second-order valence-electron chi connectivity index (χ2n) is 6.22. The van der Waals surface area contributed by atoms with Gasteiger partial charge in [0.25, 0.3) is 5.91 Å². The smallest absolute Gasteiger partial charge is 0.266 e. The van der Waals surface area contributed by atoms with Crippen LogP contribution in [-0.2, 0) is 4.79 Å². The van der Waals surface area contributed by atoms with E-state index in [-0.39, 0.29) is 5.91 Å². The molecule has 1 amide bonds. The van der Waals surface area contributed by atoms with Crippen molar-refractivity contribution in [3.8, 4) is 16.3 Å². The number of benzene rings is 2. The Labute approximate surface area is 157 Å². The molecule has 2 aromatic carbocycles. The minimum Gasteiger partial charge on any atom is -0.481 e. The maximum Gasteiger partial charge on any atom is 0.266 e. The van der Waals surface area contributed by atoms with Gasteiger partial charge in [0.2, 0.25) is 5.13 Å². The van der Waals surface area contributed by atoms with Crippen LogP contribution >= 0.6 is 11.3 Å². The summed E-state index contributed by atoms with van der Waals surface area (Å²) in [4.78, 5) is 12.4. The van der Waals surface area contributed by atoms with E-state index in [1.807, 2.05) is 54.6 Å². The van der Waals surface area contributed by atoms with Gasteiger partial charge in [-0.1, -0.05) is 73.7 Å². The van der Waals surface area contributed by atoms with Gasteiger partial charge < -0.3 is 4.74 Å². The Kier molecular flexibility index (Phi) is 5.63. The molecule has 0 bridgehead atoms. The van der Waals surface area contributed by atoms with Crippen LogP contribution in [0, 0.1) is 0 Å². The molecule has 3 aromatic rings. The van der Waals surface area contributed by atoms with Gasteiger partial charge in [-0.3, -0.25) is 10.1 Å². The number of nitrogens with one attached hydrogen (secondary N) is 1. The Balaban J connectivity index is 1.66. The number of aromatic nitrogens is 2. The summed E-state index contributed by atoms with van der Waals surface area (Å²) in [6.45, 7) is 5.92. The molecule has 0 fully saturated rings. The number of hydrogen-bond donors (Lipinski definition) is 1. The molecule has 134 valence electrons. The largest absolute Gasteiger partial charge is 0.481 e. The predicted molar refractivity (Wildman–Crippen MR) is 105 cm³/mol. The molecule has 0 radical (unpaired) electrons. The van der Waals surface area contributed by atoms with E-state index >= 15 is 0 Å². The lowest BCUT2D eigenvalue weighted by molar-refractivity contribution is -0.122. The van der Waals surface area contributed by atoms with Crippen molar-refractivity contribution in [2.24, 2.45) is 0 Å². The predicted octanol–water partition coefficient (Wildman–Crippen LogP) is 4.73. The molecular formula is C20H21N3O2S. The minimum absolute atomic E-state index is 0.251. The molecule has 0 spiro atoms. The van der Waals surface area contributed by atoms with Gasteiger partial charge in [0, 0.05) is 5.56 Å². The number of para-hydroxylation sites is 1. The van der Waals surface area contributed by atoms with Crippen LogP contribution in [0.4, 0.5) is 5.13 Å². The SMILES string of the molecule is CC(C)c1ccccc1O[C@H](C)C(=O)Nc1nnc(-c2ccccc2)s1. The molecule has 1 aromatic heterocycles. The molecule has 0 aliphatic carbocycles. The maximum absolute atomic E-state index is 12.4. The van der Waals surface area contributed by atoms with E-state index in [0.29, 0.717) is 11.0 Å². The van der Waals surface area contributed by atoms with Crippen molar-refractivity contribution in [2.75, 3.05) is 5.32 Å². The molecule has 1 atom stereocenters. The summed E-state index contributed by atoms with van der Waals surface area (Å²) in [5.41, 5.74) is 2.05. The first-order chi connectivity index (χ1) is 12.5. The fraction of sp³-hybridized carbons (Fsp3) is 0.250. The van der Waals surface area contributed by atoms with E-state index < -0.39 is 6.10 Å². The van der Waals surface area contributed by atoms with Crippen molar-refractivity contribution in [1.29, 1.82) is 0 Å². The molecule has 0 aliphatic heterocycles. The van der Waals surface area contributed by atoms with Gasteiger partial charge in [0.05, 0.1) is 0 Å². The van der Waals surface area contributed by atoms with E-state index in [2.05, 4.69) is 29.4 Å². The fourth-order valence-corrected chi connectivity index (χ4v) is 3.24. The van der Waals surface area contributed by atoms with E-state index in [1.54, 1.807) is 6.92 Å². The van der Waals surface area contributed by atoms with Crippen LogP contribution in [0.1, 0.15) is 32.3 Å². The second kappa shape index (κ2) is 8.10. The Morgan fingerprint density at radius 2 is 1.69 bits per heavy atom. The van der Waals surface area contributed by atoms with E-state index in [4.69, 9.17) is 4.74 Å². The molecule has 26 heavy (non-hydrogen) atoms. The monoisotopic (exact) mass is 367 g/mol. The summed E-state index contributed by atoms with van der Waals surface area (Å²) < 4.78 is 5.88. The first-order valence-corrected chi connectivity index (χ1v) is 9.31. The van der Waals surface area contributed by atoms with Crippen molar-refractivity contribution in [2.45, 2.75) is 32.8 Å². The van der Waals surface area contributed by atoms with Crippen LogP contribution in [0.2, 0.25) is 0 Å². The van der Waals surface area contributed by atoms with Gasteiger partial charge in [0.1, 0.15) is 10.8 Å². The zero-order valence-electron chi connectivity index (χ0n) is 15.0. The van der Waals surface area contributed by atoms with Crippen LogP contribution < -0.4 is 10.1 Å². The average Bonchev–Trinajstić information content (AvgIpc) is 3.11. The number of carbonyl (C=O) groups excluding carboxylic acids is 1. The average molecular weight is 367 g/mol. The summed E-state index contributed by atoms with van der Waals surface area (Å²) in [6, 6.07) is 17.5. The van der Waals surface area contributed by atoms with Gasteiger partial charge >= 0.3 is 0 Å². The lowest BCUT2D eigenvalue weighted by Gasteiger charge is -2.18. The van der Waals surface area contributed by atoms with Crippen molar-refractivity contribution in [3.63, 3.8) is 0 Å². The normalized spacial score (nSPS) is 12.0. The molecule has 5 nitrogen and oxygen atoms in total. The van der Waals surface area contributed by atoms with Gasteiger partial charge in [-0.05, 0) is 24.5 Å². The third-order valence-electron chi connectivity index (χ3n) is 3.89. The molecule has 0 unspecified atom stereocenters. The highest BCUT2D eigenvalue weighted by Crippen LogP contribution is 2.28. The highest BCUT2D eigenvalue weighted by molar-refractivity contribution is 7.18. The molecule has 1 N–H and O–H groups in total. The number of nitrogens with zero attached hydrogens (tertiary/aromatic N) is 2. The summed E-state index contributed by atoms with van der Waals surface area (Å²) in [7, 11) is 0. The summed E-state index contributed by atoms with van der Waals surface area (Å²) >= 11 is 1.34. The molecule has 0 saturated carbocycles. The summed E-state index contributed by atoms with van der Waals surface area (Å²) in [5.74, 6) is 0.796. The highest BCUT2D eigenvalue weighted by atomic mass is 32.1. The highest BCUT2D eigenvalue weighted by Gasteiger charge is 2.19. The third kappa shape index (κ3) is 4.26. The third-order valence-corrected chi connectivity index (χ3v) is 4.78. The Hall–Kier alpha value is -2.73. The zero-order chi connectivity index (χ0) is 18.5. The molecule has 0 saturated heterocycles. The van der Waals surface area contributed by atoms with Gasteiger partial charge in [0.15, 0.2) is 6.10 Å². The molecule has 6 heteroatoms. The number of amides is 1. The molecule has 3 rings (SSSR count). The topological polar surface area (TPSA) is 64.1 Å². The van der Waals surface area contributed by atoms with Crippen molar-refractivity contribution < 1.29 is 9.53 Å².